The maximum Gasteiger partial charge on any atom is 0.123 e. The van der Waals surface area contributed by atoms with Crippen molar-refractivity contribution < 1.29 is 9.50 Å². The molecule has 0 aromatic heterocycles. The highest BCUT2D eigenvalue weighted by Crippen LogP contribution is 2.27. The number of aliphatic hydroxyl groups excluding tert-OH is 1. The molecule has 2 heterocycles. The minimum atomic E-state index is -0.176. The lowest BCUT2D eigenvalue weighted by atomic mass is 10.1. The van der Waals surface area contributed by atoms with E-state index in [1.165, 1.54) is 12.1 Å². The topological polar surface area (TPSA) is 26.7 Å². The molecule has 2 atom stereocenters. The van der Waals surface area contributed by atoms with Gasteiger partial charge in [0.15, 0.2) is 0 Å². The van der Waals surface area contributed by atoms with Gasteiger partial charge >= 0.3 is 0 Å². The number of nitrogens with zero attached hydrogens (tertiary/aromatic N) is 2. The van der Waals surface area contributed by atoms with Gasteiger partial charge in [-0.25, -0.2) is 4.39 Å². The van der Waals surface area contributed by atoms with E-state index >= 15 is 0 Å². The number of rotatable bonds is 3. The van der Waals surface area contributed by atoms with E-state index in [2.05, 4.69) is 9.80 Å². The fourth-order valence-electron chi connectivity index (χ4n) is 3.27. The Kier molecular flexibility index (Phi) is 3.71. The Morgan fingerprint density at radius 3 is 2.58 bits per heavy atom. The van der Waals surface area contributed by atoms with Gasteiger partial charge in [-0.15, -0.1) is 0 Å². The van der Waals surface area contributed by atoms with Gasteiger partial charge in [0.25, 0.3) is 0 Å². The summed E-state index contributed by atoms with van der Waals surface area (Å²) in [5.41, 5.74) is 1.11. The van der Waals surface area contributed by atoms with Crippen molar-refractivity contribution in [3.8, 4) is 0 Å². The second-order valence-corrected chi connectivity index (χ2v) is 5.70. The van der Waals surface area contributed by atoms with Crippen LogP contribution in [-0.2, 0) is 0 Å². The van der Waals surface area contributed by atoms with Crippen molar-refractivity contribution in [3.05, 3.63) is 30.1 Å². The van der Waals surface area contributed by atoms with E-state index in [-0.39, 0.29) is 5.82 Å². The molecule has 0 radical (unpaired) electrons. The van der Waals surface area contributed by atoms with Gasteiger partial charge in [-0.2, -0.15) is 0 Å². The van der Waals surface area contributed by atoms with Crippen LogP contribution in [0, 0.1) is 11.7 Å². The first kappa shape index (κ1) is 12.9. The second kappa shape index (κ2) is 5.47. The molecular weight excluding hydrogens is 243 g/mol. The van der Waals surface area contributed by atoms with Crippen LogP contribution in [0.4, 0.5) is 10.1 Å². The van der Waals surface area contributed by atoms with Gasteiger partial charge in [0.1, 0.15) is 5.82 Å². The number of hydrogen-bond donors (Lipinski definition) is 1. The summed E-state index contributed by atoms with van der Waals surface area (Å²) in [5, 5.41) is 9.21. The van der Waals surface area contributed by atoms with E-state index in [0.717, 1.165) is 44.7 Å². The second-order valence-electron chi connectivity index (χ2n) is 5.70. The highest BCUT2D eigenvalue weighted by Gasteiger charge is 2.32. The molecule has 3 rings (SSSR count). The van der Waals surface area contributed by atoms with E-state index < -0.39 is 0 Å². The fourth-order valence-corrected chi connectivity index (χ4v) is 3.27. The van der Waals surface area contributed by atoms with E-state index in [0.29, 0.717) is 18.6 Å². The van der Waals surface area contributed by atoms with Crippen LogP contribution in [0.3, 0.4) is 0 Å². The molecular formula is C15H21FN2O. The number of likely N-dealkylation sites (tertiary alicyclic amines) is 1. The summed E-state index contributed by atoms with van der Waals surface area (Å²) in [6.45, 7) is 4.50. The van der Waals surface area contributed by atoms with Crippen molar-refractivity contribution in [2.75, 3.05) is 37.7 Å². The number of hydrogen-bond acceptors (Lipinski definition) is 3. The molecule has 19 heavy (non-hydrogen) atoms. The van der Waals surface area contributed by atoms with Crippen LogP contribution in [0.1, 0.15) is 12.8 Å². The zero-order valence-corrected chi connectivity index (χ0v) is 11.1. The molecule has 2 aliphatic heterocycles. The molecule has 0 amide bonds. The van der Waals surface area contributed by atoms with Crippen molar-refractivity contribution in [2.45, 2.75) is 18.9 Å². The SMILES string of the molecule is OCC1CCN(C2CCN(c3ccc(F)cc3)C2)C1. The Morgan fingerprint density at radius 1 is 1.11 bits per heavy atom. The zero-order chi connectivity index (χ0) is 13.2. The first-order valence-electron chi connectivity index (χ1n) is 7.11. The van der Waals surface area contributed by atoms with Crippen LogP contribution >= 0.6 is 0 Å². The minimum Gasteiger partial charge on any atom is -0.396 e. The molecule has 104 valence electrons. The first-order chi connectivity index (χ1) is 9.26. The lowest BCUT2D eigenvalue weighted by molar-refractivity contribution is 0.204. The maximum absolute atomic E-state index is 12.9. The molecule has 1 N–H and O–H groups in total. The van der Waals surface area contributed by atoms with Gasteiger partial charge in [-0.3, -0.25) is 4.90 Å². The number of benzene rings is 1. The fraction of sp³-hybridized carbons (Fsp3) is 0.600. The summed E-state index contributed by atoms with van der Waals surface area (Å²) in [6, 6.07) is 7.36. The predicted octanol–water partition coefficient (Wildman–Crippen LogP) is 1.72. The average molecular weight is 264 g/mol. The van der Waals surface area contributed by atoms with Crippen LogP contribution < -0.4 is 4.90 Å². The van der Waals surface area contributed by atoms with Crippen LogP contribution in [0.5, 0.6) is 0 Å². The molecule has 2 aliphatic rings. The molecule has 3 nitrogen and oxygen atoms in total. The molecule has 0 saturated carbocycles. The molecule has 2 unspecified atom stereocenters. The zero-order valence-electron chi connectivity index (χ0n) is 11.1. The van der Waals surface area contributed by atoms with Crippen molar-refractivity contribution in [1.29, 1.82) is 0 Å². The highest BCUT2D eigenvalue weighted by atomic mass is 19.1. The summed E-state index contributed by atoms with van der Waals surface area (Å²) in [7, 11) is 0. The Hall–Kier alpha value is -1.13. The molecule has 1 aromatic carbocycles. The molecule has 2 fully saturated rings. The van der Waals surface area contributed by atoms with E-state index in [4.69, 9.17) is 0 Å². The Bertz CT molecular complexity index is 423. The Labute approximate surface area is 113 Å². The van der Waals surface area contributed by atoms with Gasteiger partial charge in [0.05, 0.1) is 0 Å². The summed E-state index contributed by atoms with van der Waals surface area (Å²) in [6.07, 6.45) is 2.28. The third-order valence-electron chi connectivity index (χ3n) is 4.45. The summed E-state index contributed by atoms with van der Waals surface area (Å²) in [5.74, 6) is 0.282. The van der Waals surface area contributed by atoms with Gasteiger partial charge in [0, 0.05) is 38.0 Å². The summed E-state index contributed by atoms with van der Waals surface area (Å²) >= 11 is 0. The third kappa shape index (κ3) is 2.74. The number of aliphatic hydroxyl groups is 1. The number of anilines is 1. The van der Waals surface area contributed by atoms with E-state index in [9.17, 15) is 9.50 Å². The van der Waals surface area contributed by atoms with Gasteiger partial charge in [-0.05, 0) is 49.6 Å². The van der Waals surface area contributed by atoms with E-state index in [1.54, 1.807) is 0 Å². The maximum atomic E-state index is 12.9. The van der Waals surface area contributed by atoms with Gasteiger partial charge < -0.3 is 10.0 Å². The molecule has 0 bridgehead atoms. The van der Waals surface area contributed by atoms with Crippen molar-refractivity contribution >= 4 is 5.69 Å². The number of halogens is 1. The average Bonchev–Trinajstić information content (AvgIpc) is 3.08. The van der Waals surface area contributed by atoms with Crippen molar-refractivity contribution in [1.82, 2.24) is 4.90 Å². The van der Waals surface area contributed by atoms with Gasteiger partial charge in [0.2, 0.25) is 0 Å². The summed E-state index contributed by atoms with van der Waals surface area (Å²) < 4.78 is 12.9. The predicted molar refractivity (Wildman–Crippen MR) is 73.8 cm³/mol. The third-order valence-corrected chi connectivity index (χ3v) is 4.45. The Balaban J connectivity index is 1.60. The summed E-state index contributed by atoms with van der Waals surface area (Å²) in [4.78, 5) is 4.83. The van der Waals surface area contributed by atoms with Crippen LogP contribution in [0.25, 0.3) is 0 Å². The van der Waals surface area contributed by atoms with Crippen molar-refractivity contribution in [2.24, 2.45) is 5.92 Å². The lowest BCUT2D eigenvalue weighted by Crippen LogP contribution is -2.36. The van der Waals surface area contributed by atoms with Crippen LogP contribution in [0.15, 0.2) is 24.3 Å². The monoisotopic (exact) mass is 264 g/mol. The lowest BCUT2D eigenvalue weighted by Gasteiger charge is -2.25. The van der Waals surface area contributed by atoms with Gasteiger partial charge in [-0.1, -0.05) is 0 Å². The first-order valence-corrected chi connectivity index (χ1v) is 7.11. The quantitative estimate of drug-likeness (QED) is 0.900. The molecule has 2 saturated heterocycles. The van der Waals surface area contributed by atoms with E-state index in [1.807, 2.05) is 12.1 Å². The standard InChI is InChI=1S/C15H21FN2O/c16-13-1-3-14(4-2-13)18-8-6-15(10-18)17-7-5-12(9-17)11-19/h1-4,12,15,19H,5-11H2. The molecule has 0 aliphatic carbocycles. The highest BCUT2D eigenvalue weighted by molar-refractivity contribution is 5.47. The van der Waals surface area contributed by atoms with Crippen molar-refractivity contribution in [3.63, 3.8) is 0 Å². The molecule has 0 spiro atoms. The Morgan fingerprint density at radius 2 is 1.89 bits per heavy atom. The normalized spacial score (nSPS) is 28.2. The largest absolute Gasteiger partial charge is 0.396 e. The molecule has 1 aromatic rings. The molecule has 4 heteroatoms. The van der Waals surface area contributed by atoms with Crippen LogP contribution in [-0.4, -0.2) is 48.8 Å². The minimum absolute atomic E-state index is 0.176. The smallest absolute Gasteiger partial charge is 0.123 e. The van der Waals surface area contributed by atoms with Crippen LogP contribution in [0.2, 0.25) is 0 Å².